The smallest absolute Gasteiger partial charge is 0.387 e. The van der Waals surface area contributed by atoms with Crippen LogP contribution in [0.15, 0.2) is 36.9 Å². The summed E-state index contributed by atoms with van der Waals surface area (Å²) in [6.45, 7) is 3.25. The maximum absolute atomic E-state index is 12.5. The Balaban J connectivity index is 2.54. The van der Waals surface area contributed by atoms with Gasteiger partial charge >= 0.3 is 6.61 Å². The van der Waals surface area contributed by atoms with E-state index in [4.69, 9.17) is 5.73 Å². The highest BCUT2D eigenvalue weighted by atomic mass is 19.3. The van der Waals surface area contributed by atoms with E-state index >= 15 is 0 Å². The first-order chi connectivity index (χ1) is 10.1. The number of ether oxygens (including phenoxy) is 1. The zero-order valence-corrected chi connectivity index (χ0v) is 11.7. The molecule has 2 rings (SSSR count). The molecule has 0 aliphatic carbocycles. The Labute approximate surface area is 121 Å². The molecule has 2 N–H and O–H groups in total. The van der Waals surface area contributed by atoms with E-state index < -0.39 is 6.61 Å². The van der Waals surface area contributed by atoms with E-state index in [2.05, 4.69) is 16.3 Å². The number of halogens is 2. The number of aryl methyl sites for hydroxylation is 1. The fourth-order valence-corrected chi connectivity index (χ4v) is 2.18. The number of alkyl halides is 2. The monoisotopic (exact) mass is 293 g/mol. The number of aromatic nitrogens is 2. The molecule has 2 aromatic rings. The lowest BCUT2D eigenvalue weighted by Crippen LogP contribution is -2.05. The van der Waals surface area contributed by atoms with Crippen molar-refractivity contribution in [1.29, 1.82) is 0 Å². The first-order valence-electron chi connectivity index (χ1n) is 6.58. The van der Waals surface area contributed by atoms with Crippen molar-refractivity contribution < 1.29 is 13.5 Å². The largest absolute Gasteiger partial charge is 0.434 e. The van der Waals surface area contributed by atoms with Gasteiger partial charge in [-0.3, -0.25) is 0 Å². The van der Waals surface area contributed by atoms with Crippen molar-refractivity contribution >= 4 is 5.82 Å². The summed E-state index contributed by atoms with van der Waals surface area (Å²) in [7, 11) is 0. The highest BCUT2D eigenvalue weighted by molar-refractivity contribution is 5.76. The van der Waals surface area contributed by atoms with Gasteiger partial charge in [0.2, 0.25) is 0 Å². The second-order valence-electron chi connectivity index (χ2n) is 4.39. The van der Waals surface area contributed by atoms with Crippen LogP contribution in [0.1, 0.15) is 12.7 Å². The molecule has 0 saturated carbocycles. The van der Waals surface area contributed by atoms with Crippen LogP contribution in [0.2, 0.25) is 0 Å². The molecule has 0 unspecified atom stereocenters. The second-order valence-corrected chi connectivity index (χ2v) is 4.39. The second kappa shape index (κ2) is 6.39. The number of imidazole rings is 1. The van der Waals surface area contributed by atoms with Gasteiger partial charge in [0, 0.05) is 18.5 Å². The van der Waals surface area contributed by atoms with Gasteiger partial charge in [-0.1, -0.05) is 25.1 Å². The fraction of sp³-hybridized carbons (Fsp3) is 0.267. The summed E-state index contributed by atoms with van der Waals surface area (Å²) in [5, 5.41) is 0. The number of nitrogens with two attached hydrogens (primary N) is 1. The van der Waals surface area contributed by atoms with Crippen LogP contribution in [0.3, 0.4) is 0 Å². The Hall–Kier alpha value is -2.37. The van der Waals surface area contributed by atoms with Crippen molar-refractivity contribution in [3.05, 3.63) is 42.7 Å². The molecule has 1 aromatic heterocycles. The maximum Gasteiger partial charge on any atom is 0.387 e. The van der Waals surface area contributed by atoms with Gasteiger partial charge in [-0.25, -0.2) is 4.98 Å². The number of hydrogen-bond donors (Lipinski definition) is 1. The quantitative estimate of drug-likeness (QED) is 0.830. The molecule has 0 amide bonds. The van der Waals surface area contributed by atoms with Crippen LogP contribution < -0.4 is 10.5 Å². The molecule has 0 saturated heterocycles. The van der Waals surface area contributed by atoms with E-state index in [0.717, 1.165) is 5.82 Å². The summed E-state index contributed by atoms with van der Waals surface area (Å²) in [5.41, 5.74) is 7.01. The molecule has 0 aliphatic heterocycles. The first-order valence-corrected chi connectivity index (χ1v) is 6.58. The number of hydrogen-bond acceptors (Lipinski definition) is 3. The Morgan fingerprint density at radius 3 is 2.76 bits per heavy atom. The minimum Gasteiger partial charge on any atom is -0.434 e. The molecule has 0 atom stereocenters. The van der Waals surface area contributed by atoms with Crippen LogP contribution in [0.5, 0.6) is 5.75 Å². The topological polar surface area (TPSA) is 53.1 Å². The third-order valence-corrected chi connectivity index (χ3v) is 3.07. The lowest BCUT2D eigenvalue weighted by molar-refractivity contribution is -0.0494. The molecule has 0 spiro atoms. The molecule has 1 heterocycles. The molecule has 0 radical (unpaired) electrons. The summed E-state index contributed by atoms with van der Waals surface area (Å²) >= 11 is 0. The van der Waals surface area contributed by atoms with Crippen molar-refractivity contribution in [2.75, 3.05) is 5.73 Å². The van der Waals surface area contributed by atoms with Crippen molar-refractivity contribution in [2.45, 2.75) is 26.5 Å². The molecular weight excluding hydrogens is 276 g/mol. The standard InChI is InChI=1S/C15H17F2N3O/c1-3-9-20-12(4-2)19-13(14(20)18)10-7-5-6-8-11(10)21-15(16)17/h3,5-8,15H,1,4,9,18H2,2H3. The van der Waals surface area contributed by atoms with Crippen molar-refractivity contribution in [3.8, 4) is 17.0 Å². The average molecular weight is 293 g/mol. The summed E-state index contributed by atoms with van der Waals surface area (Å²) < 4.78 is 31.3. The summed E-state index contributed by atoms with van der Waals surface area (Å²) in [6.07, 6.45) is 2.39. The number of nitrogen functional groups attached to an aromatic ring is 1. The zero-order valence-electron chi connectivity index (χ0n) is 11.7. The van der Waals surface area contributed by atoms with Crippen LogP contribution in [0.4, 0.5) is 14.6 Å². The molecule has 112 valence electrons. The van der Waals surface area contributed by atoms with Crippen molar-refractivity contribution in [2.24, 2.45) is 0 Å². The van der Waals surface area contributed by atoms with E-state index in [1.54, 1.807) is 24.3 Å². The number of para-hydroxylation sites is 1. The molecule has 4 nitrogen and oxygen atoms in total. The Kier molecular flexibility index (Phi) is 4.57. The Bertz CT molecular complexity index is 638. The van der Waals surface area contributed by atoms with E-state index in [9.17, 15) is 8.78 Å². The van der Waals surface area contributed by atoms with Gasteiger partial charge in [-0.05, 0) is 12.1 Å². The van der Waals surface area contributed by atoms with Crippen LogP contribution in [0.25, 0.3) is 11.3 Å². The van der Waals surface area contributed by atoms with Gasteiger partial charge < -0.3 is 15.0 Å². The lowest BCUT2D eigenvalue weighted by atomic mass is 10.1. The molecule has 1 aromatic carbocycles. The van der Waals surface area contributed by atoms with E-state index in [-0.39, 0.29) is 5.75 Å². The highest BCUT2D eigenvalue weighted by Crippen LogP contribution is 2.34. The van der Waals surface area contributed by atoms with Gasteiger partial charge in [0.15, 0.2) is 0 Å². The van der Waals surface area contributed by atoms with Gasteiger partial charge in [-0.15, -0.1) is 6.58 Å². The fourth-order valence-electron chi connectivity index (χ4n) is 2.18. The zero-order chi connectivity index (χ0) is 15.4. The number of anilines is 1. The van der Waals surface area contributed by atoms with Gasteiger partial charge in [0.1, 0.15) is 23.1 Å². The lowest BCUT2D eigenvalue weighted by Gasteiger charge is -2.10. The van der Waals surface area contributed by atoms with Gasteiger partial charge in [0.25, 0.3) is 0 Å². The van der Waals surface area contributed by atoms with Crippen molar-refractivity contribution in [1.82, 2.24) is 9.55 Å². The van der Waals surface area contributed by atoms with E-state index in [1.807, 2.05) is 11.5 Å². The molecule has 0 fully saturated rings. The number of allylic oxidation sites excluding steroid dienone is 1. The summed E-state index contributed by atoms with van der Waals surface area (Å²) in [5.74, 6) is 1.25. The van der Waals surface area contributed by atoms with E-state index in [0.29, 0.717) is 30.0 Å². The van der Waals surface area contributed by atoms with Crippen LogP contribution in [0, 0.1) is 0 Å². The Morgan fingerprint density at radius 2 is 2.14 bits per heavy atom. The predicted molar refractivity (Wildman–Crippen MR) is 78.3 cm³/mol. The number of benzene rings is 1. The SMILES string of the molecule is C=CCn1c(CC)nc(-c2ccccc2OC(F)F)c1N. The molecular formula is C15H17F2N3O. The normalized spacial score (nSPS) is 10.9. The average Bonchev–Trinajstić information content (AvgIpc) is 2.76. The van der Waals surface area contributed by atoms with Crippen LogP contribution in [-0.4, -0.2) is 16.2 Å². The Morgan fingerprint density at radius 1 is 1.43 bits per heavy atom. The molecule has 21 heavy (non-hydrogen) atoms. The number of nitrogens with zero attached hydrogens (tertiary/aromatic N) is 2. The minimum absolute atomic E-state index is 0.0603. The molecule has 6 heteroatoms. The van der Waals surface area contributed by atoms with Gasteiger partial charge in [0.05, 0.1) is 0 Å². The van der Waals surface area contributed by atoms with Crippen molar-refractivity contribution in [3.63, 3.8) is 0 Å². The summed E-state index contributed by atoms with van der Waals surface area (Å²) in [4.78, 5) is 4.45. The van der Waals surface area contributed by atoms with Crippen LogP contribution in [-0.2, 0) is 13.0 Å². The third-order valence-electron chi connectivity index (χ3n) is 3.07. The maximum atomic E-state index is 12.5. The van der Waals surface area contributed by atoms with E-state index in [1.165, 1.54) is 6.07 Å². The first kappa shape index (κ1) is 15.0. The van der Waals surface area contributed by atoms with Crippen LogP contribution >= 0.6 is 0 Å². The predicted octanol–water partition coefficient (Wildman–Crippen LogP) is 3.48. The molecule has 0 bridgehead atoms. The summed E-state index contributed by atoms with van der Waals surface area (Å²) in [6, 6.07) is 6.48. The third kappa shape index (κ3) is 3.04. The highest BCUT2D eigenvalue weighted by Gasteiger charge is 2.19. The number of rotatable bonds is 6. The minimum atomic E-state index is -2.90. The molecule has 0 aliphatic rings. The van der Waals surface area contributed by atoms with Gasteiger partial charge in [-0.2, -0.15) is 8.78 Å².